The molecule has 1 aliphatic rings. The lowest BCUT2D eigenvalue weighted by Crippen LogP contribution is -2.28. The van der Waals surface area contributed by atoms with Gasteiger partial charge in [0.25, 0.3) is 0 Å². The Morgan fingerprint density at radius 1 is 1.47 bits per heavy atom. The maximum atomic E-state index is 11.6. The summed E-state index contributed by atoms with van der Waals surface area (Å²) in [5.41, 5.74) is 0. The second kappa shape index (κ2) is 4.40. The van der Waals surface area contributed by atoms with E-state index in [1.807, 2.05) is 0 Å². The van der Waals surface area contributed by atoms with Crippen LogP contribution in [0.2, 0.25) is 5.15 Å². The maximum absolute atomic E-state index is 11.6. The molecule has 0 radical (unpaired) electrons. The van der Waals surface area contributed by atoms with Gasteiger partial charge in [0.1, 0.15) is 10.4 Å². The number of amides is 1. The molecule has 92 valence electrons. The normalized spacial score (nSPS) is 20.9. The largest absolute Gasteiger partial charge is 0.279 e. The smallest absolute Gasteiger partial charge is 0.237 e. The van der Waals surface area contributed by atoms with Gasteiger partial charge in [0.2, 0.25) is 20.9 Å². The highest BCUT2D eigenvalue weighted by atomic mass is 35.7. The van der Waals surface area contributed by atoms with E-state index in [0.717, 1.165) is 4.90 Å². The third kappa shape index (κ3) is 2.67. The van der Waals surface area contributed by atoms with Crippen molar-refractivity contribution in [2.24, 2.45) is 0 Å². The van der Waals surface area contributed by atoms with Gasteiger partial charge in [-0.15, -0.1) is 0 Å². The summed E-state index contributed by atoms with van der Waals surface area (Å²) in [5, 5.41) is -0.751. The average Bonchev–Trinajstić information content (AvgIpc) is 2.60. The molecular weight excluding hydrogens is 289 g/mol. The zero-order valence-corrected chi connectivity index (χ0v) is 10.7. The highest BCUT2D eigenvalue weighted by Gasteiger charge is 2.39. The lowest BCUT2D eigenvalue weighted by Gasteiger charge is -2.13. The van der Waals surface area contributed by atoms with E-state index >= 15 is 0 Å². The van der Waals surface area contributed by atoms with E-state index < -0.39 is 14.3 Å². The maximum Gasteiger partial charge on any atom is 0.237 e. The average molecular weight is 296 g/mol. The summed E-state index contributed by atoms with van der Waals surface area (Å²) in [6, 6.07) is 1.46. The van der Waals surface area contributed by atoms with Crippen molar-refractivity contribution in [3.05, 3.63) is 17.4 Å². The summed E-state index contributed by atoms with van der Waals surface area (Å²) in [6.07, 6.45) is 1.22. The number of aromatic nitrogens is 2. The van der Waals surface area contributed by atoms with Gasteiger partial charge >= 0.3 is 0 Å². The molecule has 1 unspecified atom stereocenters. The number of hydrogen-bond acceptors (Lipinski definition) is 5. The Morgan fingerprint density at radius 3 is 2.71 bits per heavy atom. The summed E-state index contributed by atoms with van der Waals surface area (Å²) in [7, 11) is 1.45. The Balaban J connectivity index is 2.28. The molecule has 1 saturated heterocycles. The summed E-state index contributed by atoms with van der Waals surface area (Å²) >= 11 is 5.66. The zero-order valence-electron chi connectivity index (χ0n) is 8.38. The molecule has 0 saturated carbocycles. The summed E-state index contributed by atoms with van der Waals surface area (Å²) in [5.74, 6) is -0.299. The Labute approximate surface area is 107 Å². The third-order valence-electron chi connectivity index (χ3n) is 2.34. The fourth-order valence-corrected chi connectivity index (χ4v) is 2.67. The molecule has 0 aromatic carbocycles. The van der Waals surface area contributed by atoms with Crippen molar-refractivity contribution in [2.45, 2.75) is 11.7 Å². The van der Waals surface area contributed by atoms with Gasteiger partial charge in [-0.2, -0.15) is 0 Å². The van der Waals surface area contributed by atoms with Crippen LogP contribution in [0, 0.1) is 0 Å². The SMILES string of the molecule is O=C1CC(S(=O)(=O)Cl)CN1c1nccc(Cl)n1. The molecule has 17 heavy (non-hydrogen) atoms. The molecule has 2 heterocycles. The summed E-state index contributed by atoms with van der Waals surface area (Å²) in [6.45, 7) is -0.0506. The minimum atomic E-state index is -3.77. The minimum absolute atomic E-state index is 0.0506. The molecule has 0 N–H and O–H groups in total. The number of nitrogens with zero attached hydrogens (tertiary/aromatic N) is 3. The van der Waals surface area contributed by atoms with Crippen LogP contribution in [0.5, 0.6) is 0 Å². The van der Waals surface area contributed by atoms with Gasteiger partial charge in [0.15, 0.2) is 0 Å². The van der Waals surface area contributed by atoms with Crippen molar-refractivity contribution < 1.29 is 13.2 Å². The molecule has 1 amide bonds. The molecule has 0 aliphatic carbocycles. The van der Waals surface area contributed by atoms with E-state index in [1.165, 1.54) is 12.3 Å². The predicted molar refractivity (Wildman–Crippen MR) is 62.6 cm³/mol. The van der Waals surface area contributed by atoms with Gasteiger partial charge in [-0.05, 0) is 6.07 Å². The van der Waals surface area contributed by atoms with Crippen LogP contribution in [0.3, 0.4) is 0 Å². The molecule has 9 heteroatoms. The Morgan fingerprint density at radius 2 is 2.18 bits per heavy atom. The van der Waals surface area contributed by atoms with Crippen molar-refractivity contribution in [3.8, 4) is 0 Å². The molecule has 1 aromatic heterocycles. The van der Waals surface area contributed by atoms with E-state index in [-0.39, 0.29) is 30.0 Å². The molecule has 0 bridgehead atoms. The predicted octanol–water partition coefficient (Wildman–Crippen LogP) is 0.804. The van der Waals surface area contributed by atoms with Crippen molar-refractivity contribution >= 4 is 43.2 Å². The van der Waals surface area contributed by atoms with Crippen molar-refractivity contribution in [3.63, 3.8) is 0 Å². The van der Waals surface area contributed by atoms with Crippen LogP contribution in [0.4, 0.5) is 5.95 Å². The minimum Gasteiger partial charge on any atom is -0.279 e. The van der Waals surface area contributed by atoms with Gasteiger partial charge in [-0.3, -0.25) is 9.69 Å². The summed E-state index contributed by atoms with van der Waals surface area (Å²) < 4.78 is 22.3. The van der Waals surface area contributed by atoms with E-state index in [1.54, 1.807) is 0 Å². The summed E-state index contributed by atoms with van der Waals surface area (Å²) in [4.78, 5) is 20.5. The van der Waals surface area contributed by atoms with Gasteiger partial charge in [-0.1, -0.05) is 11.6 Å². The van der Waals surface area contributed by atoms with E-state index in [9.17, 15) is 13.2 Å². The van der Waals surface area contributed by atoms with Gasteiger partial charge in [0.05, 0.1) is 0 Å². The molecule has 1 atom stereocenters. The Bertz CT molecular complexity index is 563. The standard InChI is InChI=1S/C8H7Cl2N3O3S/c9-6-1-2-11-8(12-6)13-4-5(3-7(13)14)17(10,15)16/h1-2,5H,3-4H2. The molecule has 6 nitrogen and oxygen atoms in total. The molecule has 1 aliphatic heterocycles. The third-order valence-corrected chi connectivity index (χ3v) is 4.42. The number of anilines is 1. The first-order valence-electron chi connectivity index (χ1n) is 4.60. The fourth-order valence-electron chi connectivity index (χ4n) is 1.51. The molecule has 1 fully saturated rings. The molecule has 2 rings (SSSR count). The number of halogens is 2. The van der Waals surface area contributed by atoms with E-state index in [2.05, 4.69) is 9.97 Å². The zero-order chi connectivity index (χ0) is 12.6. The Hall–Kier alpha value is -0.920. The highest BCUT2D eigenvalue weighted by Crippen LogP contribution is 2.24. The van der Waals surface area contributed by atoms with Crippen molar-refractivity contribution in [2.75, 3.05) is 11.4 Å². The number of carbonyl (C=O) groups is 1. The van der Waals surface area contributed by atoms with Crippen molar-refractivity contribution in [1.82, 2.24) is 9.97 Å². The van der Waals surface area contributed by atoms with Crippen molar-refractivity contribution in [1.29, 1.82) is 0 Å². The van der Waals surface area contributed by atoms with E-state index in [0.29, 0.717) is 0 Å². The van der Waals surface area contributed by atoms with Crippen LogP contribution < -0.4 is 4.90 Å². The van der Waals surface area contributed by atoms with Crippen LogP contribution >= 0.6 is 22.3 Å². The highest BCUT2D eigenvalue weighted by molar-refractivity contribution is 8.14. The van der Waals surface area contributed by atoms with Crippen LogP contribution in [-0.4, -0.2) is 36.1 Å². The van der Waals surface area contributed by atoms with Gasteiger partial charge < -0.3 is 0 Å². The van der Waals surface area contributed by atoms with Crippen LogP contribution in [-0.2, 0) is 13.8 Å². The first-order chi connectivity index (χ1) is 7.88. The number of hydrogen-bond donors (Lipinski definition) is 0. The molecule has 0 spiro atoms. The fraction of sp³-hybridized carbons (Fsp3) is 0.375. The monoisotopic (exact) mass is 295 g/mol. The number of rotatable bonds is 2. The van der Waals surface area contributed by atoms with Gasteiger partial charge in [-0.25, -0.2) is 18.4 Å². The first-order valence-corrected chi connectivity index (χ1v) is 7.35. The first kappa shape index (κ1) is 12.5. The Kier molecular flexibility index (Phi) is 3.24. The van der Waals surface area contributed by atoms with Crippen LogP contribution in [0.15, 0.2) is 12.3 Å². The lowest BCUT2D eigenvalue weighted by atomic mass is 10.4. The van der Waals surface area contributed by atoms with Crippen LogP contribution in [0.1, 0.15) is 6.42 Å². The second-order valence-electron chi connectivity index (χ2n) is 3.49. The molecule has 1 aromatic rings. The van der Waals surface area contributed by atoms with Gasteiger partial charge in [0, 0.05) is 29.8 Å². The van der Waals surface area contributed by atoms with Crippen LogP contribution in [0.25, 0.3) is 0 Å². The molecular formula is C8H7Cl2N3O3S. The lowest BCUT2D eigenvalue weighted by molar-refractivity contribution is -0.117. The topological polar surface area (TPSA) is 80.2 Å². The quantitative estimate of drug-likeness (QED) is 0.596. The van der Waals surface area contributed by atoms with E-state index in [4.69, 9.17) is 22.3 Å². The second-order valence-corrected chi connectivity index (χ2v) is 6.78. The number of carbonyl (C=O) groups excluding carboxylic acids is 1.